The Labute approximate surface area is 132 Å². The number of thiazole rings is 1. The highest BCUT2D eigenvalue weighted by Crippen LogP contribution is 2.26. The van der Waals surface area contributed by atoms with Crippen LogP contribution >= 0.6 is 11.3 Å². The van der Waals surface area contributed by atoms with Crippen molar-refractivity contribution in [3.8, 4) is 0 Å². The number of carbonyl (C=O) groups excluding carboxylic acids is 1. The molecule has 0 spiro atoms. The molecule has 1 atom stereocenters. The zero-order valence-electron chi connectivity index (χ0n) is 12.0. The average molecular weight is 347 g/mol. The van der Waals surface area contributed by atoms with Crippen molar-refractivity contribution in [1.29, 1.82) is 0 Å². The maximum absolute atomic E-state index is 12.2. The molecule has 1 saturated heterocycles. The van der Waals surface area contributed by atoms with Gasteiger partial charge in [0, 0.05) is 19.5 Å². The Morgan fingerprint density at radius 3 is 2.86 bits per heavy atom. The average Bonchev–Trinajstić information content (AvgIpc) is 2.91. The lowest BCUT2D eigenvalue weighted by Crippen LogP contribution is -2.57. The van der Waals surface area contributed by atoms with E-state index in [2.05, 4.69) is 15.0 Å². The van der Waals surface area contributed by atoms with Gasteiger partial charge in [-0.2, -0.15) is 0 Å². The van der Waals surface area contributed by atoms with E-state index in [-0.39, 0.29) is 17.8 Å². The normalized spacial score (nSPS) is 23.9. The van der Waals surface area contributed by atoms with E-state index >= 15 is 0 Å². The second kappa shape index (κ2) is 6.31. The molecule has 0 bridgehead atoms. The van der Waals surface area contributed by atoms with Gasteiger partial charge in [-0.3, -0.25) is 4.79 Å². The number of carboxylic acid groups (broad SMARTS) is 1. The number of rotatable bonds is 5. The van der Waals surface area contributed by atoms with E-state index < -0.39 is 26.6 Å². The maximum Gasteiger partial charge on any atom is 0.347 e. The van der Waals surface area contributed by atoms with E-state index in [4.69, 9.17) is 5.11 Å². The summed E-state index contributed by atoms with van der Waals surface area (Å²) in [5.74, 6) is -1.59. The van der Waals surface area contributed by atoms with Crippen LogP contribution in [0.2, 0.25) is 0 Å². The van der Waals surface area contributed by atoms with Gasteiger partial charge < -0.3 is 10.4 Å². The lowest BCUT2D eigenvalue weighted by Gasteiger charge is -2.31. The summed E-state index contributed by atoms with van der Waals surface area (Å²) in [4.78, 5) is 27.0. The molecule has 0 aliphatic carbocycles. The van der Waals surface area contributed by atoms with Crippen LogP contribution in [0.15, 0.2) is 6.20 Å². The Hall–Kier alpha value is -1.52. The van der Waals surface area contributed by atoms with Crippen molar-refractivity contribution < 1.29 is 23.1 Å². The fourth-order valence-corrected chi connectivity index (χ4v) is 4.37. The van der Waals surface area contributed by atoms with Gasteiger partial charge in [-0.15, -0.1) is 11.3 Å². The number of nitrogens with zero attached hydrogens (tertiary/aromatic N) is 1. The topological polar surface area (TPSA) is 125 Å². The first-order chi connectivity index (χ1) is 10.3. The Kier molecular flexibility index (Phi) is 4.83. The summed E-state index contributed by atoms with van der Waals surface area (Å²) < 4.78 is 24.9. The van der Waals surface area contributed by atoms with Crippen molar-refractivity contribution in [2.45, 2.75) is 30.9 Å². The summed E-state index contributed by atoms with van der Waals surface area (Å²) in [6.07, 6.45) is 2.50. The molecule has 0 radical (unpaired) electrons. The van der Waals surface area contributed by atoms with Gasteiger partial charge in [-0.05, 0) is 19.8 Å². The third-order valence-corrected chi connectivity index (χ3v) is 6.79. The molecule has 1 fully saturated rings. The minimum Gasteiger partial charge on any atom is -0.477 e. The minimum absolute atomic E-state index is 0.132. The zero-order valence-corrected chi connectivity index (χ0v) is 13.6. The van der Waals surface area contributed by atoms with Gasteiger partial charge in [0.1, 0.15) is 4.88 Å². The van der Waals surface area contributed by atoms with Gasteiger partial charge in [0.05, 0.1) is 11.2 Å². The van der Waals surface area contributed by atoms with Crippen molar-refractivity contribution >= 4 is 33.2 Å². The molecule has 0 saturated carbocycles. The molecule has 3 N–H and O–H groups in total. The van der Waals surface area contributed by atoms with E-state index in [1.54, 1.807) is 0 Å². The molecule has 22 heavy (non-hydrogen) atoms. The van der Waals surface area contributed by atoms with Crippen LogP contribution in [0.25, 0.3) is 0 Å². The lowest BCUT2D eigenvalue weighted by molar-refractivity contribution is -0.123. The number of nitrogens with one attached hydrogen (secondary N) is 2. The van der Waals surface area contributed by atoms with E-state index in [1.165, 1.54) is 13.1 Å². The molecule has 2 heterocycles. The highest BCUT2D eigenvalue weighted by molar-refractivity contribution is 7.91. The van der Waals surface area contributed by atoms with Gasteiger partial charge in [0.2, 0.25) is 15.9 Å². The third-order valence-electron chi connectivity index (χ3n) is 3.58. The molecule has 1 amide bonds. The summed E-state index contributed by atoms with van der Waals surface area (Å²) in [6, 6.07) is 0. The zero-order chi connectivity index (χ0) is 16.4. The molecule has 0 aromatic carbocycles. The lowest BCUT2D eigenvalue weighted by atomic mass is 10.0. The molecule has 1 aromatic rings. The molecular formula is C12H17N3O5S2. The molecule has 2 rings (SSSR count). The van der Waals surface area contributed by atoms with Crippen LogP contribution in [0.1, 0.15) is 34.4 Å². The standard InChI is InChI=1S/C12H17N3O5S2/c1-12(4-2-5-15-22(12,19)20)11(18)13-6-3-9-14-7-8(21-9)10(16)17/h7,15H,2-6H2,1H3,(H,13,18)(H,16,17). The molecule has 122 valence electrons. The Morgan fingerprint density at radius 2 is 2.27 bits per heavy atom. The van der Waals surface area contributed by atoms with Crippen molar-refractivity contribution in [1.82, 2.24) is 15.0 Å². The third kappa shape index (κ3) is 3.28. The van der Waals surface area contributed by atoms with Gasteiger partial charge in [0.15, 0.2) is 4.75 Å². The first kappa shape index (κ1) is 16.8. The van der Waals surface area contributed by atoms with Crippen LogP contribution in [0.3, 0.4) is 0 Å². The number of carboxylic acids is 1. The second-order valence-electron chi connectivity index (χ2n) is 5.16. The van der Waals surface area contributed by atoms with Crippen molar-refractivity contribution in [2.24, 2.45) is 0 Å². The summed E-state index contributed by atoms with van der Waals surface area (Å²) in [5.41, 5.74) is 0. The highest BCUT2D eigenvalue weighted by atomic mass is 32.2. The van der Waals surface area contributed by atoms with E-state index in [1.807, 2.05) is 0 Å². The summed E-state index contributed by atoms with van der Waals surface area (Å²) in [5, 5.41) is 12.0. The Balaban J connectivity index is 1.93. The molecule has 10 heteroatoms. The smallest absolute Gasteiger partial charge is 0.347 e. The molecule has 1 aliphatic rings. The minimum atomic E-state index is -3.68. The van der Waals surface area contributed by atoms with Crippen LogP contribution in [-0.2, 0) is 21.2 Å². The molecule has 1 aliphatic heterocycles. The quantitative estimate of drug-likeness (QED) is 0.687. The first-order valence-corrected chi connectivity index (χ1v) is 9.02. The number of aromatic nitrogens is 1. The largest absolute Gasteiger partial charge is 0.477 e. The van der Waals surface area contributed by atoms with Crippen LogP contribution in [0.5, 0.6) is 0 Å². The van der Waals surface area contributed by atoms with Crippen LogP contribution in [0, 0.1) is 0 Å². The van der Waals surface area contributed by atoms with Crippen molar-refractivity contribution in [3.05, 3.63) is 16.1 Å². The monoisotopic (exact) mass is 347 g/mol. The van der Waals surface area contributed by atoms with Crippen LogP contribution in [-0.4, -0.2) is 48.2 Å². The Bertz CT molecular complexity index is 685. The molecule has 1 unspecified atom stereocenters. The number of sulfonamides is 1. The molecular weight excluding hydrogens is 330 g/mol. The number of aromatic carboxylic acids is 1. The van der Waals surface area contributed by atoms with Crippen molar-refractivity contribution in [2.75, 3.05) is 13.1 Å². The fourth-order valence-electron chi connectivity index (χ4n) is 2.16. The van der Waals surface area contributed by atoms with Gasteiger partial charge in [-0.1, -0.05) is 0 Å². The molecule has 1 aromatic heterocycles. The summed E-state index contributed by atoms with van der Waals surface area (Å²) in [6.45, 7) is 1.97. The SMILES string of the molecule is CC1(C(=O)NCCc2ncc(C(=O)O)s2)CCCNS1(=O)=O. The Morgan fingerprint density at radius 1 is 1.55 bits per heavy atom. The first-order valence-electron chi connectivity index (χ1n) is 6.72. The summed E-state index contributed by atoms with van der Waals surface area (Å²) in [7, 11) is -3.68. The van der Waals surface area contributed by atoms with E-state index in [9.17, 15) is 18.0 Å². The number of hydrogen-bond acceptors (Lipinski definition) is 6. The number of carbonyl (C=O) groups is 2. The van der Waals surface area contributed by atoms with Crippen LogP contribution in [0.4, 0.5) is 0 Å². The van der Waals surface area contributed by atoms with Gasteiger partial charge in [-0.25, -0.2) is 22.9 Å². The second-order valence-corrected chi connectivity index (χ2v) is 8.47. The fraction of sp³-hybridized carbons (Fsp3) is 0.583. The number of hydrogen-bond donors (Lipinski definition) is 3. The van der Waals surface area contributed by atoms with Gasteiger partial charge in [0.25, 0.3) is 0 Å². The van der Waals surface area contributed by atoms with Crippen LogP contribution < -0.4 is 10.0 Å². The maximum atomic E-state index is 12.2. The predicted molar refractivity (Wildman–Crippen MR) is 80.3 cm³/mol. The predicted octanol–water partition coefficient (Wildman–Crippen LogP) is -0.0281. The van der Waals surface area contributed by atoms with E-state index in [0.29, 0.717) is 24.4 Å². The van der Waals surface area contributed by atoms with Gasteiger partial charge >= 0.3 is 5.97 Å². The highest BCUT2D eigenvalue weighted by Gasteiger charge is 2.47. The van der Waals surface area contributed by atoms with E-state index in [0.717, 1.165) is 11.3 Å². The molecule has 8 nitrogen and oxygen atoms in total. The summed E-state index contributed by atoms with van der Waals surface area (Å²) >= 11 is 1.03. The number of amides is 1. The van der Waals surface area contributed by atoms with Crippen molar-refractivity contribution in [3.63, 3.8) is 0 Å².